The van der Waals surface area contributed by atoms with Crippen LogP contribution in [0.4, 0.5) is 0 Å². The Morgan fingerprint density at radius 3 is 2.62 bits per heavy atom. The van der Waals surface area contributed by atoms with Crippen molar-refractivity contribution in [3.8, 4) is 0 Å². The number of aromatic nitrogens is 1. The van der Waals surface area contributed by atoms with Crippen LogP contribution < -0.4 is 5.14 Å². The molecule has 1 aliphatic carbocycles. The molecule has 7 heteroatoms. The monoisotopic (exact) mass is 244 g/mol. The number of nitrogens with zero attached hydrogens (tertiary/aromatic N) is 1. The number of rotatable bonds is 4. The molecule has 1 aliphatic rings. The molecule has 1 saturated carbocycles. The molecule has 1 aromatic heterocycles. The van der Waals surface area contributed by atoms with Gasteiger partial charge >= 0.3 is 5.97 Å². The van der Waals surface area contributed by atoms with Crippen LogP contribution in [0.2, 0.25) is 0 Å². The van der Waals surface area contributed by atoms with Gasteiger partial charge in [-0.15, -0.1) is 0 Å². The Hall–Kier alpha value is -1.34. The largest absolute Gasteiger partial charge is 0.477 e. The Labute approximate surface area is 92.7 Å². The van der Waals surface area contributed by atoms with E-state index in [1.807, 2.05) is 0 Å². The number of carboxylic acid groups (broad SMARTS) is 1. The molecule has 1 fully saturated rings. The van der Waals surface area contributed by atoms with Crippen molar-refractivity contribution in [1.29, 1.82) is 0 Å². The smallest absolute Gasteiger partial charge is 0.353 e. The molecule has 88 valence electrons. The van der Waals surface area contributed by atoms with Crippen LogP contribution in [0.5, 0.6) is 0 Å². The number of carboxylic acids is 1. The van der Waals surface area contributed by atoms with E-state index >= 15 is 0 Å². The molecule has 0 saturated heterocycles. The average molecular weight is 244 g/mol. The highest BCUT2D eigenvalue weighted by atomic mass is 32.2. The van der Waals surface area contributed by atoms with Crippen LogP contribution in [-0.2, 0) is 16.6 Å². The minimum absolute atomic E-state index is 0.241. The Morgan fingerprint density at radius 1 is 1.56 bits per heavy atom. The fourth-order valence-corrected chi connectivity index (χ4v) is 2.37. The maximum absolute atomic E-state index is 11.2. The van der Waals surface area contributed by atoms with E-state index in [0.717, 1.165) is 12.8 Å². The summed E-state index contributed by atoms with van der Waals surface area (Å²) >= 11 is 0. The van der Waals surface area contributed by atoms with Crippen molar-refractivity contribution in [3.05, 3.63) is 18.0 Å². The van der Waals surface area contributed by atoms with Gasteiger partial charge in [0.1, 0.15) is 10.6 Å². The molecule has 0 unspecified atom stereocenters. The number of primary sulfonamides is 1. The summed E-state index contributed by atoms with van der Waals surface area (Å²) in [6.45, 7) is 0.539. The molecular weight excluding hydrogens is 232 g/mol. The van der Waals surface area contributed by atoms with Crippen LogP contribution in [0.15, 0.2) is 17.2 Å². The van der Waals surface area contributed by atoms with E-state index in [4.69, 9.17) is 10.2 Å². The lowest BCUT2D eigenvalue weighted by molar-refractivity contribution is 0.0680. The van der Waals surface area contributed by atoms with Gasteiger partial charge in [-0.25, -0.2) is 18.4 Å². The van der Waals surface area contributed by atoms with Gasteiger partial charge in [-0.1, -0.05) is 0 Å². The summed E-state index contributed by atoms with van der Waals surface area (Å²) in [4.78, 5) is 10.7. The molecule has 1 aromatic rings. The molecule has 0 aromatic carbocycles. The van der Waals surface area contributed by atoms with Crippen LogP contribution in [0.3, 0.4) is 0 Å². The molecule has 1 heterocycles. The first kappa shape index (κ1) is 11.2. The Kier molecular flexibility index (Phi) is 2.51. The molecule has 16 heavy (non-hydrogen) atoms. The second-order valence-corrected chi connectivity index (χ2v) is 5.50. The normalized spacial score (nSPS) is 16.3. The zero-order valence-electron chi connectivity index (χ0n) is 8.46. The third-order valence-electron chi connectivity index (χ3n) is 2.59. The summed E-state index contributed by atoms with van der Waals surface area (Å²) in [6, 6.07) is 1.24. The molecule has 0 spiro atoms. The number of hydrogen-bond donors (Lipinski definition) is 2. The van der Waals surface area contributed by atoms with E-state index in [-0.39, 0.29) is 10.6 Å². The van der Waals surface area contributed by atoms with Gasteiger partial charge in [-0.3, -0.25) is 0 Å². The topological polar surface area (TPSA) is 102 Å². The van der Waals surface area contributed by atoms with Gasteiger partial charge in [0.2, 0.25) is 10.0 Å². The van der Waals surface area contributed by atoms with Crippen molar-refractivity contribution < 1.29 is 18.3 Å². The Bertz CT molecular complexity index is 528. The third-order valence-corrected chi connectivity index (χ3v) is 3.53. The SMILES string of the molecule is NS(=O)(=O)c1ccn(CC2CC2)c1C(=O)O. The average Bonchev–Trinajstić information content (AvgIpc) is 2.80. The quantitative estimate of drug-likeness (QED) is 0.792. The molecule has 0 atom stereocenters. The van der Waals surface area contributed by atoms with Crippen molar-refractivity contribution in [1.82, 2.24) is 4.57 Å². The van der Waals surface area contributed by atoms with E-state index in [1.54, 1.807) is 0 Å². The molecule has 0 aliphatic heterocycles. The number of hydrogen-bond acceptors (Lipinski definition) is 3. The zero-order valence-corrected chi connectivity index (χ0v) is 9.27. The standard InChI is InChI=1S/C9H12N2O4S/c10-16(14,15)7-3-4-11(5-6-1-2-6)8(7)9(12)13/h3-4,6H,1-2,5H2,(H,12,13)(H2,10,14,15). The van der Waals surface area contributed by atoms with Gasteiger partial charge in [0, 0.05) is 12.7 Å². The highest BCUT2D eigenvalue weighted by Gasteiger charge is 2.28. The Balaban J connectivity index is 2.46. The number of sulfonamides is 1. The van der Waals surface area contributed by atoms with E-state index in [2.05, 4.69) is 0 Å². The Morgan fingerprint density at radius 2 is 2.19 bits per heavy atom. The zero-order chi connectivity index (χ0) is 11.9. The van der Waals surface area contributed by atoms with Crippen molar-refractivity contribution in [2.75, 3.05) is 0 Å². The van der Waals surface area contributed by atoms with Gasteiger partial charge in [0.25, 0.3) is 0 Å². The fourth-order valence-electron chi connectivity index (χ4n) is 1.64. The van der Waals surface area contributed by atoms with Crippen LogP contribution >= 0.6 is 0 Å². The van der Waals surface area contributed by atoms with Crippen LogP contribution in [0, 0.1) is 5.92 Å². The second kappa shape index (κ2) is 3.60. The second-order valence-electron chi connectivity index (χ2n) is 3.97. The van der Waals surface area contributed by atoms with Crippen molar-refractivity contribution >= 4 is 16.0 Å². The summed E-state index contributed by atoms with van der Waals surface area (Å²) in [7, 11) is -3.97. The van der Waals surface area contributed by atoms with E-state index < -0.39 is 16.0 Å². The summed E-state index contributed by atoms with van der Waals surface area (Å²) in [5.41, 5.74) is -0.241. The summed E-state index contributed by atoms with van der Waals surface area (Å²) in [6.07, 6.45) is 3.57. The lowest BCUT2D eigenvalue weighted by Gasteiger charge is -2.05. The van der Waals surface area contributed by atoms with Gasteiger partial charge in [-0.2, -0.15) is 0 Å². The van der Waals surface area contributed by atoms with Crippen molar-refractivity contribution in [2.24, 2.45) is 11.1 Å². The first-order valence-electron chi connectivity index (χ1n) is 4.85. The summed E-state index contributed by atoms with van der Waals surface area (Å²) < 4.78 is 23.8. The van der Waals surface area contributed by atoms with E-state index in [9.17, 15) is 13.2 Å². The first-order chi connectivity index (χ1) is 7.39. The maximum atomic E-state index is 11.2. The van der Waals surface area contributed by atoms with Gasteiger partial charge in [-0.05, 0) is 24.8 Å². The van der Waals surface area contributed by atoms with Crippen LogP contribution in [0.1, 0.15) is 23.3 Å². The molecule has 6 nitrogen and oxygen atoms in total. The van der Waals surface area contributed by atoms with Crippen LogP contribution in [0.25, 0.3) is 0 Å². The minimum atomic E-state index is -3.97. The number of aromatic carboxylic acids is 1. The molecule has 0 bridgehead atoms. The fraction of sp³-hybridized carbons (Fsp3) is 0.444. The van der Waals surface area contributed by atoms with E-state index in [0.29, 0.717) is 12.5 Å². The lowest BCUT2D eigenvalue weighted by Crippen LogP contribution is -2.18. The van der Waals surface area contributed by atoms with Crippen molar-refractivity contribution in [2.45, 2.75) is 24.3 Å². The number of carbonyl (C=O) groups is 1. The third kappa shape index (κ3) is 2.10. The van der Waals surface area contributed by atoms with Gasteiger partial charge in [0.05, 0.1) is 0 Å². The molecule has 0 amide bonds. The summed E-state index contributed by atoms with van der Waals surface area (Å²) in [5.74, 6) is -0.812. The summed E-state index contributed by atoms with van der Waals surface area (Å²) in [5, 5.41) is 13.9. The highest BCUT2D eigenvalue weighted by molar-refractivity contribution is 7.89. The predicted octanol–water partition coefficient (Wildman–Crippen LogP) is 0.244. The number of nitrogens with two attached hydrogens (primary N) is 1. The first-order valence-corrected chi connectivity index (χ1v) is 6.39. The highest BCUT2D eigenvalue weighted by Crippen LogP contribution is 2.31. The lowest BCUT2D eigenvalue weighted by atomic mass is 10.4. The molecular formula is C9H12N2O4S. The van der Waals surface area contributed by atoms with Gasteiger partial charge < -0.3 is 9.67 Å². The van der Waals surface area contributed by atoms with Gasteiger partial charge in [0.15, 0.2) is 0 Å². The van der Waals surface area contributed by atoms with Crippen LogP contribution in [-0.4, -0.2) is 24.1 Å². The molecule has 2 rings (SSSR count). The maximum Gasteiger partial charge on any atom is 0.353 e. The van der Waals surface area contributed by atoms with Crippen molar-refractivity contribution in [3.63, 3.8) is 0 Å². The molecule has 0 radical (unpaired) electrons. The minimum Gasteiger partial charge on any atom is -0.477 e. The van der Waals surface area contributed by atoms with E-state index in [1.165, 1.54) is 16.8 Å². The predicted molar refractivity (Wildman–Crippen MR) is 55.5 cm³/mol. The molecule has 3 N–H and O–H groups in total.